The number of benzene rings is 1. The Morgan fingerprint density at radius 2 is 2.19 bits per heavy atom. The third kappa shape index (κ3) is 3.97. The fraction of sp³-hybridized carbons (Fsp3) is 0.417. The number of nitro groups is 1. The largest absolute Gasteiger partial charge is 0.326 e. The van der Waals surface area contributed by atoms with E-state index in [-0.39, 0.29) is 29.5 Å². The van der Waals surface area contributed by atoms with E-state index < -0.39 is 32.2 Å². The van der Waals surface area contributed by atoms with E-state index in [1.807, 2.05) is 0 Å². The normalized spacial score (nSPS) is 20.1. The standard InChI is InChI=1S/C12H13FN2O5S/c13-10-2-1-9(6-11(10)15(17)18)14-12(16)5-8-3-4-21(19,20)7-8/h1-2,6,8H,3-5,7H2,(H,14,16)/t8-/m0/s1. The van der Waals surface area contributed by atoms with Crippen molar-refractivity contribution in [1.29, 1.82) is 0 Å². The minimum Gasteiger partial charge on any atom is -0.326 e. The molecule has 1 aliphatic heterocycles. The molecule has 1 fully saturated rings. The Bertz CT molecular complexity index is 689. The van der Waals surface area contributed by atoms with E-state index in [2.05, 4.69) is 5.32 Å². The number of hydrogen-bond acceptors (Lipinski definition) is 5. The third-order valence-electron chi connectivity index (χ3n) is 3.23. The van der Waals surface area contributed by atoms with Gasteiger partial charge in [0.25, 0.3) is 0 Å². The van der Waals surface area contributed by atoms with Gasteiger partial charge in [0.1, 0.15) is 0 Å². The molecule has 1 N–H and O–H groups in total. The van der Waals surface area contributed by atoms with Gasteiger partial charge in [-0.25, -0.2) is 8.42 Å². The molecule has 0 spiro atoms. The summed E-state index contributed by atoms with van der Waals surface area (Å²) in [6.45, 7) is 0. The van der Waals surface area contributed by atoms with Crippen molar-refractivity contribution in [3.8, 4) is 0 Å². The maximum Gasteiger partial charge on any atom is 0.306 e. The molecule has 2 rings (SSSR count). The summed E-state index contributed by atoms with van der Waals surface area (Å²) in [5.41, 5.74) is -0.620. The van der Waals surface area contributed by atoms with Gasteiger partial charge in [0.2, 0.25) is 11.7 Å². The van der Waals surface area contributed by atoms with Gasteiger partial charge in [-0.3, -0.25) is 14.9 Å². The molecule has 7 nitrogen and oxygen atoms in total. The highest BCUT2D eigenvalue weighted by atomic mass is 32.2. The first-order chi connectivity index (χ1) is 9.77. The van der Waals surface area contributed by atoms with Crippen molar-refractivity contribution < 1.29 is 22.5 Å². The van der Waals surface area contributed by atoms with Crippen LogP contribution in [0.15, 0.2) is 18.2 Å². The Labute approximate surface area is 120 Å². The van der Waals surface area contributed by atoms with Gasteiger partial charge in [-0.2, -0.15) is 4.39 Å². The fourth-order valence-electron chi connectivity index (χ4n) is 2.24. The highest BCUT2D eigenvalue weighted by Crippen LogP contribution is 2.24. The van der Waals surface area contributed by atoms with Gasteiger partial charge in [-0.05, 0) is 24.5 Å². The lowest BCUT2D eigenvalue weighted by atomic mass is 10.1. The smallest absolute Gasteiger partial charge is 0.306 e. The van der Waals surface area contributed by atoms with Gasteiger partial charge in [0.05, 0.1) is 16.4 Å². The lowest BCUT2D eigenvalue weighted by molar-refractivity contribution is -0.387. The van der Waals surface area contributed by atoms with E-state index in [1.165, 1.54) is 6.07 Å². The Kier molecular flexibility index (Phi) is 4.21. The minimum atomic E-state index is -3.06. The lowest BCUT2D eigenvalue weighted by Gasteiger charge is -2.08. The van der Waals surface area contributed by atoms with E-state index in [0.29, 0.717) is 6.42 Å². The number of carbonyl (C=O) groups excluding carboxylic acids is 1. The Morgan fingerprint density at radius 1 is 1.48 bits per heavy atom. The van der Waals surface area contributed by atoms with Gasteiger partial charge in [-0.15, -0.1) is 0 Å². The molecule has 1 heterocycles. The summed E-state index contributed by atoms with van der Waals surface area (Å²) in [4.78, 5) is 21.5. The molecule has 0 aliphatic carbocycles. The number of rotatable bonds is 4. The van der Waals surface area contributed by atoms with Gasteiger partial charge in [0, 0.05) is 18.2 Å². The minimum absolute atomic E-state index is 0.0183. The molecular formula is C12H13FN2O5S. The van der Waals surface area contributed by atoms with Crippen molar-refractivity contribution in [1.82, 2.24) is 0 Å². The zero-order valence-corrected chi connectivity index (χ0v) is 11.7. The average Bonchev–Trinajstić information content (AvgIpc) is 2.70. The van der Waals surface area contributed by atoms with Gasteiger partial charge >= 0.3 is 5.69 Å². The van der Waals surface area contributed by atoms with Crippen LogP contribution >= 0.6 is 0 Å². The summed E-state index contributed by atoms with van der Waals surface area (Å²) in [5, 5.41) is 13.0. The monoisotopic (exact) mass is 316 g/mol. The van der Waals surface area contributed by atoms with Crippen LogP contribution in [0.3, 0.4) is 0 Å². The Hall–Kier alpha value is -2.03. The summed E-state index contributed by atoms with van der Waals surface area (Å²) >= 11 is 0. The second-order valence-corrected chi connectivity index (χ2v) is 7.17. The van der Waals surface area contributed by atoms with Crippen molar-refractivity contribution in [2.45, 2.75) is 12.8 Å². The highest BCUT2D eigenvalue weighted by molar-refractivity contribution is 7.91. The number of halogens is 1. The number of amides is 1. The van der Waals surface area contributed by atoms with E-state index in [9.17, 15) is 27.7 Å². The molecule has 1 aliphatic rings. The Balaban J connectivity index is 2.00. The van der Waals surface area contributed by atoms with Crippen molar-refractivity contribution in [3.05, 3.63) is 34.1 Å². The molecule has 0 saturated carbocycles. The molecule has 0 unspecified atom stereocenters. The number of carbonyl (C=O) groups is 1. The van der Waals surface area contributed by atoms with E-state index in [4.69, 9.17) is 0 Å². The van der Waals surface area contributed by atoms with Crippen LogP contribution in [0.25, 0.3) is 0 Å². The van der Waals surface area contributed by atoms with Crippen LogP contribution in [0.5, 0.6) is 0 Å². The van der Waals surface area contributed by atoms with Crippen LogP contribution in [0, 0.1) is 21.8 Å². The van der Waals surface area contributed by atoms with Gasteiger partial charge in [-0.1, -0.05) is 0 Å². The van der Waals surface area contributed by atoms with Gasteiger partial charge in [0.15, 0.2) is 9.84 Å². The van der Waals surface area contributed by atoms with E-state index >= 15 is 0 Å². The molecule has 1 saturated heterocycles. The predicted molar refractivity (Wildman–Crippen MR) is 73.1 cm³/mol. The number of sulfone groups is 1. The van der Waals surface area contributed by atoms with Crippen LogP contribution in [-0.4, -0.2) is 30.8 Å². The summed E-state index contributed by atoms with van der Waals surface area (Å²) < 4.78 is 35.7. The zero-order valence-electron chi connectivity index (χ0n) is 10.9. The number of nitrogens with one attached hydrogen (secondary N) is 1. The van der Waals surface area contributed by atoms with Crippen molar-refractivity contribution >= 4 is 27.1 Å². The van der Waals surface area contributed by atoms with Crippen LogP contribution in [0.4, 0.5) is 15.8 Å². The first kappa shape index (κ1) is 15.4. The van der Waals surface area contributed by atoms with Gasteiger partial charge < -0.3 is 5.32 Å². The molecule has 1 aromatic rings. The van der Waals surface area contributed by atoms with Crippen LogP contribution < -0.4 is 5.32 Å². The number of hydrogen-bond donors (Lipinski definition) is 1. The summed E-state index contributed by atoms with van der Waals surface area (Å²) in [5.74, 6) is -1.62. The Morgan fingerprint density at radius 3 is 2.76 bits per heavy atom. The first-order valence-electron chi connectivity index (χ1n) is 6.21. The first-order valence-corrected chi connectivity index (χ1v) is 8.03. The van der Waals surface area contributed by atoms with E-state index in [0.717, 1.165) is 12.1 Å². The predicted octanol–water partition coefficient (Wildman–Crippen LogP) is 1.50. The van der Waals surface area contributed by atoms with E-state index in [1.54, 1.807) is 0 Å². The second kappa shape index (κ2) is 5.76. The highest BCUT2D eigenvalue weighted by Gasteiger charge is 2.29. The molecule has 9 heteroatoms. The van der Waals surface area contributed by atoms with Crippen molar-refractivity contribution in [3.63, 3.8) is 0 Å². The maximum absolute atomic E-state index is 13.1. The molecule has 0 radical (unpaired) electrons. The molecule has 114 valence electrons. The maximum atomic E-state index is 13.1. The summed E-state index contributed by atoms with van der Waals surface area (Å²) in [7, 11) is -3.06. The lowest BCUT2D eigenvalue weighted by Crippen LogP contribution is -2.17. The van der Waals surface area contributed by atoms with Crippen molar-refractivity contribution in [2.24, 2.45) is 5.92 Å². The molecule has 1 atom stereocenters. The molecule has 0 aromatic heterocycles. The number of anilines is 1. The van der Waals surface area contributed by atoms with Crippen molar-refractivity contribution in [2.75, 3.05) is 16.8 Å². The second-order valence-electron chi connectivity index (χ2n) is 4.94. The molecule has 0 bridgehead atoms. The summed E-state index contributed by atoms with van der Waals surface area (Å²) in [6, 6.07) is 3.04. The van der Waals surface area contributed by atoms with Crippen LogP contribution in [0.1, 0.15) is 12.8 Å². The molecule has 1 aromatic carbocycles. The number of nitro benzene ring substituents is 1. The summed E-state index contributed by atoms with van der Waals surface area (Å²) in [6.07, 6.45) is 0.448. The quantitative estimate of drug-likeness (QED) is 0.669. The molecular weight excluding hydrogens is 303 g/mol. The zero-order chi connectivity index (χ0) is 15.6. The number of nitrogens with zero attached hydrogens (tertiary/aromatic N) is 1. The average molecular weight is 316 g/mol. The third-order valence-corrected chi connectivity index (χ3v) is 5.06. The molecule has 21 heavy (non-hydrogen) atoms. The van der Waals surface area contributed by atoms with Crippen LogP contribution in [-0.2, 0) is 14.6 Å². The topological polar surface area (TPSA) is 106 Å². The SMILES string of the molecule is O=C(C[C@@H]1CCS(=O)(=O)C1)Nc1ccc(F)c([N+](=O)[O-])c1. The van der Waals surface area contributed by atoms with Crippen LogP contribution in [0.2, 0.25) is 0 Å². The fourth-order valence-corrected chi connectivity index (χ4v) is 4.10. The molecule has 1 amide bonds.